The lowest BCUT2D eigenvalue weighted by molar-refractivity contribution is -0.0881. The molecule has 0 rings (SSSR count). The van der Waals surface area contributed by atoms with Crippen LogP contribution >= 0.6 is 0 Å². The van der Waals surface area contributed by atoms with Gasteiger partial charge in [0.2, 0.25) is 5.90 Å². The maximum absolute atomic E-state index is 12.5. The van der Waals surface area contributed by atoms with E-state index < -0.39 is 17.6 Å². The van der Waals surface area contributed by atoms with Crippen LogP contribution in [0.15, 0.2) is 21.8 Å². The van der Waals surface area contributed by atoms with Crippen molar-refractivity contribution in [3.63, 3.8) is 0 Å². The molecular weight excluding hydrogens is 225 g/mol. The first-order valence-electron chi connectivity index (χ1n) is 4.29. The van der Waals surface area contributed by atoms with Crippen LogP contribution in [0.2, 0.25) is 0 Å². The van der Waals surface area contributed by atoms with Gasteiger partial charge in [-0.1, -0.05) is 0 Å². The number of aliphatic imine (C=N–C) groups is 2. The van der Waals surface area contributed by atoms with Gasteiger partial charge in [0.05, 0.1) is 6.61 Å². The van der Waals surface area contributed by atoms with Crippen LogP contribution in [0, 0.1) is 0 Å². The van der Waals surface area contributed by atoms with Crippen molar-refractivity contribution in [1.29, 1.82) is 0 Å². The van der Waals surface area contributed by atoms with Crippen molar-refractivity contribution >= 4 is 12.6 Å². The summed E-state index contributed by atoms with van der Waals surface area (Å²) in [6.45, 7) is 3.12. The number of ether oxygens (including phenoxy) is 2. The van der Waals surface area contributed by atoms with Gasteiger partial charge < -0.3 is 9.47 Å². The summed E-state index contributed by atoms with van der Waals surface area (Å²) < 4.78 is 47.0. The predicted octanol–water partition coefficient (Wildman–Crippen LogP) is 1.82. The van der Waals surface area contributed by atoms with Crippen molar-refractivity contribution < 1.29 is 22.6 Å². The minimum atomic E-state index is -4.58. The van der Waals surface area contributed by atoms with Crippen molar-refractivity contribution in [2.75, 3.05) is 27.4 Å². The molecule has 0 aromatic rings. The van der Waals surface area contributed by atoms with Crippen LogP contribution in [0.25, 0.3) is 0 Å². The van der Waals surface area contributed by atoms with Crippen molar-refractivity contribution in [2.45, 2.75) is 6.18 Å². The molecule has 4 nitrogen and oxygen atoms in total. The van der Waals surface area contributed by atoms with E-state index in [2.05, 4.69) is 21.4 Å². The highest BCUT2D eigenvalue weighted by atomic mass is 19.4. The molecule has 0 aliphatic heterocycles. The zero-order valence-corrected chi connectivity index (χ0v) is 9.04. The largest absolute Gasteiger partial charge is 0.475 e. The fourth-order valence-electron chi connectivity index (χ4n) is 0.825. The van der Waals surface area contributed by atoms with E-state index >= 15 is 0 Å². The van der Waals surface area contributed by atoms with E-state index in [1.54, 1.807) is 0 Å². The van der Waals surface area contributed by atoms with Crippen LogP contribution in [0.3, 0.4) is 0 Å². The molecule has 0 aromatic heterocycles. The fraction of sp³-hybridized carbons (Fsp3) is 0.556. The van der Waals surface area contributed by atoms with Gasteiger partial charge in [-0.25, -0.2) is 0 Å². The Bertz CT molecular complexity index is 285. The Balaban J connectivity index is 4.76. The van der Waals surface area contributed by atoms with Gasteiger partial charge in [-0.15, -0.1) is 0 Å². The van der Waals surface area contributed by atoms with Crippen molar-refractivity contribution in [3.8, 4) is 0 Å². The average molecular weight is 238 g/mol. The van der Waals surface area contributed by atoms with Gasteiger partial charge >= 0.3 is 6.18 Å². The Morgan fingerprint density at radius 3 is 2.38 bits per heavy atom. The van der Waals surface area contributed by atoms with Gasteiger partial charge in [0.15, 0.2) is 0 Å². The van der Waals surface area contributed by atoms with Crippen molar-refractivity contribution in [3.05, 3.63) is 11.8 Å². The zero-order chi connectivity index (χ0) is 12.6. The van der Waals surface area contributed by atoms with E-state index in [4.69, 9.17) is 4.74 Å². The van der Waals surface area contributed by atoms with E-state index in [1.165, 1.54) is 14.2 Å². The molecule has 92 valence electrons. The summed E-state index contributed by atoms with van der Waals surface area (Å²) in [5.41, 5.74) is -1.07. The number of nitrogens with zero attached hydrogens (tertiary/aromatic N) is 2. The molecule has 0 aliphatic carbocycles. The van der Waals surface area contributed by atoms with Crippen LogP contribution in [0.5, 0.6) is 0 Å². The molecule has 0 atom stereocenters. The minimum absolute atomic E-state index is 0.0201. The first-order valence-corrected chi connectivity index (χ1v) is 4.29. The lowest BCUT2D eigenvalue weighted by Gasteiger charge is -2.13. The topological polar surface area (TPSA) is 43.2 Å². The maximum atomic E-state index is 12.5. The summed E-state index contributed by atoms with van der Waals surface area (Å²) in [7, 11) is 2.61. The molecule has 7 heteroatoms. The standard InChI is InChI=1S/C9H13F3N2O2/c1-13-6-7(9(10,11)12)8(14-2)16-5-4-15-3/h6H,1,4-5H2,2-3H3/b7-6+,14-8?. The maximum Gasteiger partial charge on any atom is 0.423 e. The van der Waals surface area contributed by atoms with E-state index in [1.807, 2.05) is 0 Å². The number of methoxy groups -OCH3 is 1. The summed E-state index contributed by atoms with van der Waals surface area (Å²) in [4.78, 5) is 6.48. The molecule has 0 aliphatic rings. The molecule has 0 bridgehead atoms. The van der Waals surface area contributed by atoms with Crippen LogP contribution in [0.4, 0.5) is 13.2 Å². The second-order valence-corrected chi connectivity index (χ2v) is 2.59. The SMILES string of the molecule is C=N/C=C(\C(=NC)OCCOC)C(F)(F)F. The number of hydrogen-bond acceptors (Lipinski definition) is 4. The van der Waals surface area contributed by atoms with Crippen LogP contribution in [0.1, 0.15) is 0 Å². The first-order chi connectivity index (χ1) is 7.47. The Hall–Kier alpha value is -1.37. The van der Waals surface area contributed by atoms with Crippen LogP contribution in [-0.2, 0) is 9.47 Å². The molecule has 0 heterocycles. The fourth-order valence-corrected chi connectivity index (χ4v) is 0.825. The number of rotatable bonds is 5. The Labute approximate surface area is 91.5 Å². The van der Waals surface area contributed by atoms with Gasteiger partial charge in [0.1, 0.15) is 12.2 Å². The summed E-state index contributed by atoms with van der Waals surface area (Å²) in [5.74, 6) is -0.531. The second kappa shape index (κ2) is 7.00. The predicted molar refractivity (Wildman–Crippen MR) is 54.9 cm³/mol. The van der Waals surface area contributed by atoms with Gasteiger partial charge in [-0.3, -0.25) is 9.98 Å². The lowest BCUT2D eigenvalue weighted by atomic mass is 10.3. The quantitative estimate of drug-likeness (QED) is 0.416. The summed E-state index contributed by atoms with van der Waals surface area (Å²) >= 11 is 0. The van der Waals surface area contributed by atoms with Crippen molar-refractivity contribution in [2.24, 2.45) is 9.98 Å². The normalized spacial score (nSPS) is 13.8. The summed E-state index contributed by atoms with van der Waals surface area (Å²) in [6.07, 6.45) is -4.02. The molecular formula is C9H13F3N2O2. The number of hydrogen-bond donors (Lipinski definition) is 0. The monoisotopic (exact) mass is 238 g/mol. The molecule has 0 amide bonds. The average Bonchev–Trinajstić information content (AvgIpc) is 2.20. The van der Waals surface area contributed by atoms with E-state index in [9.17, 15) is 13.2 Å². The second-order valence-electron chi connectivity index (χ2n) is 2.59. The first kappa shape index (κ1) is 14.6. The molecule has 0 radical (unpaired) electrons. The summed E-state index contributed by atoms with van der Waals surface area (Å²) in [5, 5.41) is 0. The van der Waals surface area contributed by atoms with Crippen LogP contribution < -0.4 is 0 Å². The third-order valence-corrected chi connectivity index (χ3v) is 1.49. The number of halogens is 3. The molecule has 0 spiro atoms. The van der Waals surface area contributed by atoms with Gasteiger partial charge in [-0.2, -0.15) is 13.2 Å². The third kappa shape index (κ3) is 4.92. The zero-order valence-electron chi connectivity index (χ0n) is 9.04. The molecule has 0 fully saturated rings. The highest BCUT2D eigenvalue weighted by Crippen LogP contribution is 2.27. The molecule has 0 N–H and O–H groups in total. The highest BCUT2D eigenvalue weighted by Gasteiger charge is 2.38. The van der Waals surface area contributed by atoms with Gasteiger partial charge in [0, 0.05) is 20.4 Å². The summed E-state index contributed by atoms with van der Waals surface area (Å²) in [6, 6.07) is 0. The molecule has 0 saturated heterocycles. The Kier molecular flexibility index (Phi) is 6.40. The van der Waals surface area contributed by atoms with Crippen molar-refractivity contribution in [1.82, 2.24) is 0 Å². The van der Waals surface area contributed by atoms with Gasteiger partial charge in [-0.05, 0) is 6.72 Å². The Morgan fingerprint density at radius 1 is 1.38 bits per heavy atom. The van der Waals surface area contributed by atoms with Crippen LogP contribution in [-0.4, -0.2) is 46.2 Å². The molecule has 0 aromatic carbocycles. The number of alkyl halides is 3. The van der Waals surface area contributed by atoms with Gasteiger partial charge in [0.25, 0.3) is 0 Å². The minimum Gasteiger partial charge on any atom is -0.475 e. The van der Waals surface area contributed by atoms with E-state index in [0.717, 1.165) is 0 Å². The Morgan fingerprint density at radius 2 is 2.00 bits per heavy atom. The lowest BCUT2D eigenvalue weighted by Crippen LogP contribution is -2.23. The van der Waals surface area contributed by atoms with E-state index in [0.29, 0.717) is 6.20 Å². The third-order valence-electron chi connectivity index (χ3n) is 1.49. The molecule has 0 unspecified atom stereocenters. The highest BCUT2D eigenvalue weighted by molar-refractivity contribution is 5.94. The smallest absolute Gasteiger partial charge is 0.423 e. The molecule has 16 heavy (non-hydrogen) atoms. The molecule has 0 saturated carbocycles. The van der Waals surface area contributed by atoms with E-state index in [-0.39, 0.29) is 13.2 Å².